The first-order valence-corrected chi connectivity index (χ1v) is 8.38. The third-order valence-corrected chi connectivity index (χ3v) is 5.42. The van der Waals surface area contributed by atoms with Gasteiger partial charge in [0, 0.05) is 22.7 Å². The molecule has 5 heteroatoms. The minimum absolute atomic E-state index is 0.0188. The highest BCUT2D eigenvalue weighted by Crippen LogP contribution is 2.23. The quantitative estimate of drug-likeness (QED) is 0.929. The van der Waals surface area contributed by atoms with Crippen molar-refractivity contribution in [3.63, 3.8) is 0 Å². The average molecular weight is 308 g/mol. The molecule has 0 aromatic carbocycles. The summed E-state index contributed by atoms with van der Waals surface area (Å²) in [6, 6.07) is 1.76. The van der Waals surface area contributed by atoms with Crippen LogP contribution in [-0.2, 0) is 16.1 Å². The summed E-state index contributed by atoms with van der Waals surface area (Å²) in [6.07, 6.45) is 1.27. The first-order chi connectivity index (χ1) is 9.92. The molecule has 2 amide bonds. The first kappa shape index (κ1) is 16.0. The zero-order valence-electron chi connectivity index (χ0n) is 13.2. The molecule has 2 unspecified atom stereocenters. The van der Waals surface area contributed by atoms with Gasteiger partial charge in [0.2, 0.25) is 11.8 Å². The number of carbonyl (C=O) groups excluding carboxylic acids is 2. The standard InChI is InChI=1S/C16H24N2O2S/c1-5-10(2)15-16(20)18(7-6-14(19)17-15)9-13-8-11(3)12(4)21-13/h8,10,15H,5-7,9H2,1-4H3,(H,17,19). The fraction of sp³-hybridized carbons (Fsp3) is 0.625. The Morgan fingerprint density at radius 1 is 1.43 bits per heavy atom. The Hall–Kier alpha value is -1.36. The van der Waals surface area contributed by atoms with E-state index in [1.807, 2.05) is 18.7 Å². The molecule has 1 N–H and O–H groups in total. The van der Waals surface area contributed by atoms with Crippen molar-refractivity contribution in [2.75, 3.05) is 6.54 Å². The molecule has 2 heterocycles. The van der Waals surface area contributed by atoms with Gasteiger partial charge >= 0.3 is 0 Å². The zero-order chi connectivity index (χ0) is 15.6. The molecule has 116 valence electrons. The van der Waals surface area contributed by atoms with Gasteiger partial charge in [0.15, 0.2) is 0 Å². The zero-order valence-corrected chi connectivity index (χ0v) is 14.0. The number of hydrogen-bond donors (Lipinski definition) is 1. The predicted molar refractivity (Wildman–Crippen MR) is 85.2 cm³/mol. The number of thiophene rings is 1. The Bertz CT molecular complexity index is 519. The van der Waals surface area contributed by atoms with Crippen molar-refractivity contribution in [3.05, 3.63) is 21.4 Å². The summed E-state index contributed by atoms with van der Waals surface area (Å²) in [4.78, 5) is 28.8. The lowest BCUT2D eigenvalue weighted by Gasteiger charge is -2.26. The molecule has 0 bridgehead atoms. The molecule has 0 saturated carbocycles. The number of nitrogens with one attached hydrogen (secondary N) is 1. The van der Waals surface area contributed by atoms with Crippen LogP contribution in [0.5, 0.6) is 0 Å². The number of nitrogens with zero attached hydrogens (tertiary/aromatic N) is 1. The van der Waals surface area contributed by atoms with Gasteiger partial charge < -0.3 is 10.2 Å². The lowest BCUT2D eigenvalue weighted by Crippen LogP contribution is -2.48. The highest BCUT2D eigenvalue weighted by atomic mass is 32.1. The van der Waals surface area contributed by atoms with Gasteiger partial charge in [-0.2, -0.15) is 0 Å². The van der Waals surface area contributed by atoms with Crippen LogP contribution >= 0.6 is 11.3 Å². The molecule has 2 rings (SSSR count). The monoisotopic (exact) mass is 308 g/mol. The molecular formula is C16H24N2O2S. The van der Waals surface area contributed by atoms with Crippen molar-refractivity contribution >= 4 is 23.2 Å². The van der Waals surface area contributed by atoms with Crippen LogP contribution in [0.25, 0.3) is 0 Å². The second kappa shape index (κ2) is 6.60. The number of hydrogen-bond acceptors (Lipinski definition) is 3. The van der Waals surface area contributed by atoms with Crippen molar-refractivity contribution in [2.45, 2.75) is 53.1 Å². The molecule has 21 heavy (non-hydrogen) atoms. The van der Waals surface area contributed by atoms with Crippen molar-refractivity contribution in [3.8, 4) is 0 Å². The predicted octanol–water partition coefficient (Wildman–Crippen LogP) is 2.63. The van der Waals surface area contributed by atoms with Crippen LogP contribution in [0.15, 0.2) is 6.07 Å². The van der Waals surface area contributed by atoms with E-state index >= 15 is 0 Å². The largest absolute Gasteiger partial charge is 0.344 e. The molecule has 1 aromatic heterocycles. The highest BCUT2D eigenvalue weighted by Gasteiger charge is 2.33. The third kappa shape index (κ3) is 3.64. The van der Waals surface area contributed by atoms with E-state index in [-0.39, 0.29) is 23.8 Å². The lowest BCUT2D eigenvalue weighted by atomic mass is 9.98. The molecular weight excluding hydrogens is 284 g/mol. The molecule has 0 aliphatic carbocycles. The minimum Gasteiger partial charge on any atom is -0.344 e. The van der Waals surface area contributed by atoms with Gasteiger partial charge in [0.25, 0.3) is 0 Å². The molecule has 1 aliphatic rings. The van der Waals surface area contributed by atoms with Crippen molar-refractivity contribution in [1.82, 2.24) is 10.2 Å². The normalized spacial score (nSPS) is 21.1. The number of amides is 2. The van der Waals surface area contributed by atoms with E-state index < -0.39 is 0 Å². The lowest BCUT2D eigenvalue weighted by molar-refractivity contribution is -0.135. The van der Waals surface area contributed by atoms with Crippen molar-refractivity contribution in [1.29, 1.82) is 0 Å². The van der Waals surface area contributed by atoms with Crippen LogP contribution in [-0.4, -0.2) is 29.3 Å². The molecule has 0 spiro atoms. The summed E-state index contributed by atoms with van der Waals surface area (Å²) in [5, 5.41) is 2.88. The minimum atomic E-state index is -0.382. The van der Waals surface area contributed by atoms with E-state index in [1.165, 1.54) is 15.3 Å². The van der Waals surface area contributed by atoms with Crippen molar-refractivity contribution in [2.24, 2.45) is 5.92 Å². The van der Waals surface area contributed by atoms with E-state index in [0.29, 0.717) is 19.5 Å². The smallest absolute Gasteiger partial charge is 0.245 e. The molecule has 2 atom stereocenters. The summed E-state index contributed by atoms with van der Waals surface area (Å²) >= 11 is 1.73. The van der Waals surface area contributed by atoms with E-state index in [4.69, 9.17) is 0 Å². The van der Waals surface area contributed by atoms with Gasteiger partial charge in [0.1, 0.15) is 6.04 Å². The number of aryl methyl sites for hydroxylation is 2. The van der Waals surface area contributed by atoms with Gasteiger partial charge in [-0.05, 0) is 31.4 Å². The van der Waals surface area contributed by atoms with Gasteiger partial charge in [-0.3, -0.25) is 9.59 Å². The molecule has 1 aromatic rings. The van der Waals surface area contributed by atoms with Crippen LogP contribution in [0.4, 0.5) is 0 Å². The number of carbonyl (C=O) groups is 2. The van der Waals surface area contributed by atoms with Crippen LogP contribution in [0.3, 0.4) is 0 Å². The van der Waals surface area contributed by atoms with Gasteiger partial charge in [0.05, 0.1) is 6.54 Å². The van der Waals surface area contributed by atoms with E-state index in [2.05, 4.69) is 25.2 Å². The SMILES string of the molecule is CCC(C)C1NC(=O)CCN(Cc2cc(C)c(C)s2)C1=O. The Morgan fingerprint density at radius 3 is 2.71 bits per heavy atom. The van der Waals surface area contributed by atoms with E-state index in [0.717, 1.165) is 6.42 Å². The summed E-state index contributed by atoms with van der Waals surface area (Å²) in [5.74, 6) is 0.197. The van der Waals surface area contributed by atoms with Crippen LogP contribution in [0.1, 0.15) is 42.0 Å². The van der Waals surface area contributed by atoms with Crippen molar-refractivity contribution < 1.29 is 9.59 Å². The third-order valence-electron chi connectivity index (χ3n) is 4.28. The molecule has 4 nitrogen and oxygen atoms in total. The number of rotatable bonds is 4. The van der Waals surface area contributed by atoms with Crippen LogP contribution in [0, 0.1) is 19.8 Å². The summed E-state index contributed by atoms with van der Waals surface area (Å²) < 4.78 is 0. The fourth-order valence-corrected chi connectivity index (χ4v) is 3.61. The second-order valence-corrected chi connectivity index (χ2v) is 7.23. The second-order valence-electron chi connectivity index (χ2n) is 5.89. The Morgan fingerprint density at radius 2 is 2.14 bits per heavy atom. The topological polar surface area (TPSA) is 49.4 Å². The molecule has 1 fully saturated rings. The fourth-order valence-electron chi connectivity index (χ4n) is 2.54. The van der Waals surface area contributed by atoms with Gasteiger partial charge in [-0.1, -0.05) is 20.3 Å². The summed E-state index contributed by atoms with van der Waals surface area (Å²) in [6.45, 7) is 9.37. The van der Waals surface area contributed by atoms with E-state index in [1.54, 1.807) is 11.3 Å². The van der Waals surface area contributed by atoms with Crippen LogP contribution < -0.4 is 5.32 Å². The molecule has 0 radical (unpaired) electrons. The molecule has 1 saturated heterocycles. The summed E-state index contributed by atoms with van der Waals surface area (Å²) in [5.41, 5.74) is 1.27. The Labute approximate surface area is 130 Å². The average Bonchev–Trinajstić information content (AvgIpc) is 2.69. The van der Waals surface area contributed by atoms with E-state index in [9.17, 15) is 9.59 Å². The van der Waals surface area contributed by atoms with Crippen LogP contribution in [0.2, 0.25) is 0 Å². The Balaban J connectivity index is 2.17. The first-order valence-electron chi connectivity index (χ1n) is 7.56. The van der Waals surface area contributed by atoms with Gasteiger partial charge in [-0.25, -0.2) is 0 Å². The highest BCUT2D eigenvalue weighted by molar-refractivity contribution is 7.12. The Kier molecular flexibility index (Phi) is 5.04. The summed E-state index contributed by atoms with van der Waals surface area (Å²) in [7, 11) is 0. The van der Waals surface area contributed by atoms with Gasteiger partial charge in [-0.15, -0.1) is 11.3 Å². The maximum absolute atomic E-state index is 12.7. The maximum atomic E-state index is 12.7. The maximum Gasteiger partial charge on any atom is 0.245 e. The molecule has 1 aliphatic heterocycles.